The van der Waals surface area contributed by atoms with E-state index >= 15 is 0 Å². The molecule has 5 nitrogen and oxygen atoms in total. The molecule has 2 aliphatic heterocycles. The Balaban J connectivity index is 1.74. The second-order valence-corrected chi connectivity index (χ2v) is 5.71. The Morgan fingerprint density at radius 2 is 1.83 bits per heavy atom. The van der Waals surface area contributed by atoms with Crippen LogP contribution in [-0.4, -0.2) is 74.2 Å². The molecule has 0 atom stereocenters. The molecule has 0 bridgehead atoms. The van der Waals surface area contributed by atoms with Gasteiger partial charge in [0.05, 0.1) is 6.54 Å². The standard InChI is InChI=1S/C13H25N3O2/c1-13(3-9-18-10-4-13)14-11-12(17)16-7-5-15(2)6-8-16/h14H,3-11H2,1-2H3. The maximum atomic E-state index is 12.1. The normalized spacial score (nSPS) is 25.1. The van der Waals surface area contributed by atoms with Crippen LogP contribution in [0.2, 0.25) is 0 Å². The highest BCUT2D eigenvalue weighted by Gasteiger charge is 2.28. The molecule has 2 fully saturated rings. The Labute approximate surface area is 109 Å². The van der Waals surface area contributed by atoms with Gasteiger partial charge in [-0.15, -0.1) is 0 Å². The van der Waals surface area contributed by atoms with Gasteiger partial charge in [0.15, 0.2) is 0 Å². The quantitative estimate of drug-likeness (QED) is 0.766. The molecule has 0 aromatic heterocycles. The SMILES string of the molecule is CN1CCN(C(=O)CNC2(C)CCOCC2)CC1. The number of hydrogen-bond donors (Lipinski definition) is 1. The summed E-state index contributed by atoms with van der Waals surface area (Å²) in [6.45, 7) is 7.92. The molecule has 1 amide bonds. The Bertz CT molecular complexity index is 282. The number of amides is 1. The molecular weight excluding hydrogens is 230 g/mol. The van der Waals surface area contributed by atoms with Gasteiger partial charge >= 0.3 is 0 Å². The molecule has 2 aliphatic rings. The fraction of sp³-hybridized carbons (Fsp3) is 0.923. The summed E-state index contributed by atoms with van der Waals surface area (Å²) < 4.78 is 5.36. The lowest BCUT2D eigenvalue weighted by atomic mass is 9.92. The summed E-state index contributed by atoms with van der Waals surface area (Å²) >= 11 is 0. The van der Waals surface area contributed by atoms with Crippen LogP contribution in [0, 0.1) is 0 Å². The van der Waals surface area contributed by atoms with Crippen LogP contribution in [0.3, 0.4) is 0 Å². The van der Waals surface area contributed by atoms with Gasteiger partial charge in [-0.1, -0.05) is 0 Å². The number of ether oxygens (including phenoxy) is 1. The molecule has 5 heteroatoms. The number of hydrogen-bond acceptors (Lipinski definition) is 4. The fourth-order valence-electron chi connectivity index (χ4n) is 2.46. The zero-order valence-electron chi connectivity index (χ0n) is 11.6. The largest absolute Gasteiger partial charge is 0.381 e. The maximum absolute atomic E-state index is 12.1. The lowest BCUT2D eigenvalue weighted by molar-refractivity contribution is -0.132. The Hall–Kier alpha value is -0.650. The topological polar surface area (TPSA) is 44.8 Å². The molecule has 0 unspecified atom stereocenters. The van der Waals surface area contributed by atoms with E-state index in [-0.39, 0.29) is 11.4 Å². The third-order valence-corrected chi connectivity index (χ3v) is 4.12. The molecule has 0 aromatic carbocycles. The molecule has 2 saturated heterocycles. The van der Waals surface area contributed by atoms with Crippen LogP contribution in [0.15, 0.2) is 0 Å². The van der Waals surface area contributed by atoms with Gasteiger partial charge in [-0.05, 0) is 26.8 Å². The molecule has 2 rings (SSSR count). The summed E-state index contributed by atoms with van der Waals surface area (Å²) in [5, 5.41) is 3.42. The predicted octanol–water partition coefficient (Wildman–Crippen LogP) is -0.0809. The summed E-state index contributed by atoms with van der Waals surface area (Å²) in [6, 6.07) is 0. The molecular formula is C13H25N3O2. The van der Waals surface area contributed by atoms with Crippen LogP contribution in [-0.2, 0) is 9.53 Å². The van der Waals surface area contributed by atoms with Gasteiger partial charge < -0.3 is 19.9 Å². The van der Waals surface area contributed by atoms with E-state index in [0.717, 1.165) is 52.2 Å². The van der Waals surface area contributed by atoms with Gasteiger partial charge in [-0.2, -0.15) is 0 Å². The number of likely N-dealkylation sites (N-methyl/N-ethyl adjacent to an activating group) is 1. The third-order valence-electron chi connectivity index (χ3n) is 4.12. The number of carbonyl (C=O) groups excluding carboxylic acids is 1. The van der Waals surface area contributed by atoms with Crippen molar-refractivity contribution in [3.63, 3.8) is 0 Å². The minimum atomic E-state index is 0.0699. The molecule has 1 N–H and O–H groups in total. The number of nitrogens with zero attached hydrogens (tertiary/aromatic N) is 2. The van der Waals surface area contributed by atoms with Crippen molar-refractivity contribution in [3.05, 3.63) is 0 Å². The van der Waals surface area contributed by atoms with Crippen molar-refractivity contribution in [2.45, 2.75) is 25.3 Å². The molecule has 104 valence electrons. The smallest absolute Gasteiger partial charge is 0.236 e. The van der Waals surface area contributed by atoms with Crippen LogP contribution >= 0.6 is 0 Å². The van der Waals surface area contributed by atoms with Crippen molar-refractivity contribution in [2.75, 3.05) is 53.0 Å². The number of piperazine rings is 1. The monoisotopic (exact) mass is 255 g/mol. The molecule has 0 aromatic rings. The van der Waals surface area contributed by atoms with E-state index in [1.165, 1.54) is 0 Å². The predicted molar refractivity (Wildman–Crippen MR) is 70.5 cm³/mol. The third kappa shape index (κ3) is 3.67. The molecule has 0 radical (unpaired) electrons. The Kier molecular flexibility index (Phi) is 4.59. The van der Waals surface area contributed by atoms with Crippen molar-refractivity contribution in [2.24, 2.45) is 0 Å². The summed E-state index contributed by atoms with van der Waals surface area (Å²) in [4.78, 5) is 16.3. The van der Waals surface area contributed by atoms with Crippen LogP contribution in [0.1, 0.15) is 19.8 Å². The maximum Gasteiger partial charge on any atom is 0.236 e. The first kappa shape index (κ1) is 13.8. The van der Waals surface area contributed by atoms with Gasteiger partial charge in [-0.25, -0.2) is 0 Å². The zero-order valence-corrected chi connectivity index (χ0v) is 11.6. The first-order valence-corrected chi connectivity index (χ1v) is 6.88. The highest BCUT2D eigenvalue weighted by Crippen LogP contribution is 2.19. The van der Waals surface area contributed by atoms with E-state index in [2.05, 4.69) is 24.2 Å². The van der Waals surface area contributed by atoms with Crippen molar-refractivity contribution in [1.29, 1.82) is 0 Å². The van der Waals surface area contributed by atoms with E-state index in [4.69, 9.17) is 4.74 Å². The number of carbonyl (C=O) groups is 1. The first-order valence-electron chi connectivity index (χ1n) is 6.88. The Morgan fingerprint density at radius 3 is 2.44 bits per heavy atom. The average Bonchev–Trinajstić information content (AvgIpc) is 2.38. The summed E-state index contributed by atoms with van der Waals surface area (Å²) in [5.74, 6) is 0.232. The number of rotatable bonds is 3. The van der Waals surface area contributed by atoms with Gasteiger partial charge in [0, 0.05) is 44.9 Å². The molecule has 0 saturated carbocycles. The van der Waals surface area contributed by atoms with Crippen molar-refractivity contribution >= 4 is 5.91 Å². The minimum Gasteiger partial charge on any atom is -0.381 e. The summed E-state index contributed by atoms with van der Waals surface area (Å²) in [5.41, 5.74) is 0.0699. The molecule has 0 spiro atoms. The summed E-state index contributed by atoms with van der Waals surface area (Å²) in [6.07, 6.45) is 1.98. The van der Waals surface area contributed by atoms with Crippen molar-refractivity contribution < 1.29 is 9.53 Å². The highest BCUT2D eigenvalue weighted by atomic mass is 16.5. The minimum absolute atomic E-state index is 0.0699. The van der Waals surface area contributed by atoms with E-state index in [1.54, 1.807) is 0 Å². The van der Waals surface area contributed by atoms with Crippen molar-refractivity contribution in [1.82, 2.24) is 15.1 Å². The lowest BCUT2D eigenvalue weighted by Gasteiger charge is -2.36. The average molecular weight is 255 g/mol. The Morgan fingerprint density at radius 1 is 1.22 bits per heavy atom. The first-order chi connectivity index (χ1) is 8.59. The van der Waals surface area contributed by atoms with Gasteiger partial charge in [0.25, 0.3) is 0 Å². The van der Waals surface area contributed by atoms with Gasteiger partial charge in [0.2, 0.25) is 5.91 Å². The molecule has 0 aliphatic carbocycles. The van der Waals surface area contributed by atoms with E-state index < -0.39 is 0 Å². The van der Waals surface area contributed by atoms with Gasteiger partial charge in [0.1, 0.15) is 0 Å². The van der Waals surface area contributed by atoms with Crippen LogP contribution in [0.5, 0.6) is 0 Å². The molecule has 18 heavy (non-hydrogen) atoms. The zero-order chi connectivity index (χ0) is 13.0. The second kappa shape index (κ2) is 5.99. The van der Waals surface area contributed by atoms with Gasteiger partial charge in [-0.3, -0.25) is 4.79 Å². The highest BCUT2D eigenvalue weighted by molar-refractivity contribution is 5.78. The van der Waals surface area contributed by atoms with Crippen molar-refractivity contribution in [3.8, 4) is 0 Å². The summed E-state index contributed by atoms with van der Waals surface area (Å²) in [7, 11) is 2.10. The lowest BCUT2D eigenvalue weighted by Crippen LogP contribution is -2.54. The second-order valence-electron chi connectivity index (χ2n) is 5.71. The number of nitrogens with one attached hydrogen (secondary N) is 1. The molecule has 2 heterocycles. The van der Waals surface area contributed by atoms with Crippen LogP contribution in [0.4, 0.5) is 0 Å². The fourth-order valence-corrected chi connectivity index (χ4v) is 2.46. The van der Waals surface area contributed by atoms with Crippen LogP contribution < -0.4 is 5.32 Å². The van der Waals surface area contributed by atoms with E-state index in [9.17, 15) is 4.79 Å². The van der Waals surface area contributed by atoms with Crippen LogP contribution in [0.25, 0.3) is 0 Å². The van der Waals surface area contributed by atoms with E-state index in [1.807, 2.05) is 4.90 Å². The van der Waals surface area contributed by atoms with E-state index in [0.29, 0.717) is 6.54 Å².